The quantitative estimate of drug-likeness (QED) is 0.914. The van der Waals surface area contributed by atoms with Gasteiger partial charge in [-0.3, -0.25) is 0 Å². The van der Waals surface area contributed by atoms with Crippen LogP contribution in [0.3, 0.4) is 0 Å². The number of ether oxygens (including phenoxy) is 3. The molecule has 0 saturated heterocycles. The van der Waals surface area contributed by atoms with Crippen LogP contribution in [0, 0.1) is 5.92 Å². The van der Waals surface area contributed by atoms with Crippen LogP contribution in [0.4, 0.5) is 5.69 Å². The van der Waals surface area contributed by atoms with Crippen LogP contribution in [0.2, 0.25) is 0 Å². The van der Waals surface area contributed by atoms with E-state index in [0.29, 0.717) is 12.7 Å². The molecule has 2 aromatic rings. The van der Waals surface area contributed by atoms with E-state index < -0.39 is 0 Å². The highest BCUT2D eigenvalue weighted by Crippen LogP contribution is 2.39. The first-order chi connectivity index (χ1) is 10.3. The van der Waals surface area contributed by atoms with Crippen LogP contribution in [0.5, 0.6) is 17.2 Å². The van der Waals surface area contributed by atoms with Crippen LogP contribution < -0.4 is 19.5 Å². The van der Waals surface area contributed by atoms with E-state index in [1.165, 1.54) is 5.56 Å². The molecule has 2 aromatic carbocycles. The van der Waals surface area contributed by atoms with Gasteiger partial charge in [-0.05, 0) is 18.2 Å². The van der Waals surface area contributed by atoms with Crippen molar-refractivity contribution in [2.45, 2.75) is 13.0 Å². The molecule has 0 saturated carbocycles. The van der Waals surface area contributed by atoms with E-state index >= 15 is 0 Å². The van der Waals surface area contributed by atoms with Gasteiger partial charge >= 0.3 is 0 Å². The molecule has 0 bridgehead atoms. The monoisotopic (exact) mass is 283 g/mol. The maximum atomic E-state index is 5.79. The summed E-state index contributed by atoms with van der Waals surface area (Å²) in [5.74, 6) is 2.97. The van der Waals surface area contributed by atoms with Crippen molar-refractivity contribution in [3.05, 3.63) is 48.0 Å². The topological polar surface area (TPSA) is 39.7 Å². The third kappa shape index (κ3) is 2.17. The molecule has 0 radical (unpaired) electrons. The SMILES string of the molecule is CC1COc2ccccc2C1Nc1ccc2c(c1)OCO2. The van der Waals surface area contributed by atoms with Crippen molar-refractivity contribution in [2.24, 2.45) is 5.92 Å². The zero-order valence-corrected chi connectivity index (χ0v) is 11.8. The standard InChI is InChI=1S/C17H17NO3/c1-11-9-19-14-5-3-2-4-13(14)17(11)18-12-6-7-15-16(8-12)21-10-20-15/h2-8,11,17-18H,9-10H2,1H3. The van der Waals surface area contributed by atoms with Gasteiger partial charge in [0, 0.05) is 23.2 Å². The zero-order valence-electron chi connectivity index (χ0n) is 11.8. The molecule has 0 amide bonds. The summed E-state index contributed by atoms with van der Waals surface area (Å²) in [6.45, 7) is 3.22. The van der Waals surface area contributed by atoms with Crippen LogP contribution >= 0.6 is 0 Å². The minimum atomic E-state index is 0.232. The molecule has 0 aromatic heterocycles. The lowest BCUT2D eigenvalue weighted by Gasteiger charge is -2.32. The van der Waals surface area contributed by atoms with E-state index in [1.807, 2.05) is 30.3 Å². The van der Waals surface area contributed by atoms with Gasteiger partial charge in [-0.25, -0.2) is 0 Å². The van der Waals surface area contributed by atoms with Gasteiger partial charge in [0.2, 0.25) is 6.79 Å². The summed E-state index contributed by atoms with van der Waals surface area (Å²) in [6.07, 6.45) is 0. The van der Waals surface area contributed by atoms with Crippen LogP contribution in [-0.4, -0.2) is 13.4 Å². The summed E-state index contributed by atoms with van der Waals surface area (Å²) in [5, 5.41) is 3.60. The Bertz CT molecular complexity index is 671. The molecule has 4 rings (SSSR count). The van der Waals surface area contributed by atoms with Crippen LogP contribution in [-0.2, 0) is 0 Å². The van der Waals surface area contributed by atoms with Gasteiger partial charge in [0.1, 0.15) is 5.75 Å². The molecular weight excluding hydrogens is 266 g/mol. The maximum Gasteiger partial charge on any atom is 0.231 e. The molecule has 0 spiro atoms. The number of nitrogens with one attached hydrogen (secondary N) is 1. The molecule has 4 heteroatoms. The molecular formula is C17H17NO3. The van der Waals surface area contributed by atoms with E-state index in [0.717, 1.165) is 29.5 Å². The zero-order chi connectivity index (χ0) is 14.2. The number of benzene rings is 2. The Labute approximate surface area is 123 Å². The molecule has 0 aliphatic carbocycles. The van der Waals surface area contributed by atoms with Crippen molar-refractivity contribution in [1.29, 1.82) is 0 Å². The van der Waals surface area contributed by atoms with E-state index in [4.69, 9.17) is 14.2 Å². The summed E-state index contributed by atoms with van der Waals surface area (Å²) in [7, 11) is 0. The molecule has 2 heterocycles. The third-order valence-corrected chi connectivity index (χ3v) is 4.02. The first kappa shape index (κ1) is 12.4. The van der Waals surface area contributed by atoms with Crippen molar-refractivity contribution in [3.63, 3.8) is 0 Å². The predicted molar refractivity (Wildman–Crippen MR) is 80.0 cm³/mol. The Morgan fingerprint density at radius 3 is 2.76 bits per heavy atom. The molecule has 2 aliphatic rings. The van der Waals surface area contributed by atoms with Crippen molar-refractivity contribution in [1.82, 2.24) is 0 Å². The van der Waals surface area contributed by atoms with Gasteiger partial charge in [-0.15, -0.1) is 0 Å². The lowest BCUT2D eigenvalue weighted by atomic mass is 9.92. The number of hydrogen-bond donors (Lipinski definition) is 1. The van der Waals surface area contributed by atoms with Crippen LogP contribution in [0.25, 0.3) is 0 Å². The van der Waals surface area contributed by atoms with E-state index in [2.05, 4.69) is 24.4 Å². The van der Waals surface area contributed by atoms with E-state index in [9.17, 15) is 0 Å². The second kappa shape index (κ2) is 4.88. The molecule has 2 atom stereocenters. The number of hydrogen-bond acceptors (Lipinski definition) is 4. The molecule has 2 aliphatic heterocycles. The minimum Gasteiger partial charge on any atom is -0.493 e. The van der Waals surface area contributed by atoms with Crippen LogP contribution in [0.15, 0.2) is 42.5 Å². The fourth-order valence-electron chi connectivity index (χ4n) is 2.88. The second-order valence-corrected chi connectivity index (χ2v) is 5.52. The highest BCUT2D eigenvalue weighted by Gasteiger charge is 2.28. The lowest BCUT2D eigenvalue weighted by Crippen LogP contribution is -2.28. The summed E-state index contributed by atoms with van der Waals surface area (Å²) >= 11 is 0. The lowest BCUT2D eigenvalue weighted by molar-refractivity contribution is 0.174. The average Bonchev–Trinajstić information content (AvgIpc) is 2.98. The van der Waals surface area contributed by atoms with Crippen molar-refractivity contribution >= 4 is 5.69 Å². The van der Waals surface area contributed by atoms with Crippen LogP contribution in [0.1, 0.15) is 18.5 Å². The van der Waals surface area contributed by atoms with Gasteiger partial charge in [0.25, 0.3) is 0 Å². The summed E-state index contributed by atoms with van der Waals surface area (Å²) < 4.78 is 16.6. The molecule has 0 fully saturated rings. The van der Waals surface area contributed by atoms with Gasteiger partial charge in [-0.2, -0.15) is 0 Å². The number of fused-ring (bicyclic) bond motifs is 2. The average molecular weight is 283 g/mol. The molecule has 108 valence electrons. The fraction of sp³-hybridized carbons (Fsp3) is 0.294. The summed E-state index contributed by atoms with van der Waals surface area (Å²) in [5.41, 5.74) is 2.24. The van der Waals surface area contributed by atoms with Gasteiger partial charge in [0.15, 0.2) is 11.5 Å². The summed E-state index contributed by atoms with van der Waals surface area (Å²) in [6, 6.07) is 14.4. The van der Waals surface area contributed by atoms with Crippen molar-refractivity contribution in [2.75, 3.05) is 18.7 Å². The minimum absolute atomic E-state index is 0.232. The highest BCUT2D eigenvalue weighted by atomic mass is 16.7. The third-order valence-electron chi connectivity index (χ3n) is 4.02. The Balaban J connectivity index is 1.64. The number of anilines is 1. The molecule has 2 unspecified atom stereocenters. The number of para-hydroxylation sites is 1. The van der Waals surface area contributed by atoms with Gasteiger partial charge in [0.05, 0.1) is 12.6 Å². The van der Waals surface area contributed by atoms with E-state index in [-0.39, 0.29) is 6.04 Å². The number of rotatable bonds is 2. The Morgan fingerprint density at radius 1 is 0.952 bits per heavy atom. The molecule has 1 N–H and O–H groups in total. The fourth-order valence-corrected chi connectivity index (χ4v) is 2.88. The second-order valence-electron chi connectivity index (χ2n) is 5.52. The normalized spacial score (nSPS) is 22.3. The van der Waals surface area contributed by atoms with Crippen molar-refractivity contribution < 1.29 is 14.2 Å². The molecule has 21 heavy (non-hydrogen) atoms. The van der Waals surface area contributed by atoms with Gasteiger partial charge < -0.3 is 19.5 Å². The summed E-state index contributed by atoms with van der Waals surface area (Å²) in [4.78, 5) is 0. The van der Waals surface area contributed by atoms with Crippen molar-refractivity contribution in [3.8, 4) is 17.2 Å². The Hall–Kier alpha value is -2.36. The first-order valence-electron chi connectivity index (χ1n) is 7.19. The Morgan fingerprint density at radius 2 is 1.81 bits per heavy atom. The Kier molecular flexibility index (Phi) is 2.88. The van der Waals surface area contributed by atoms with E-state index in [1.54, 1.807) is 0 Å². The first-order valence-corrected chi connectivity index (χ1v) is 7.19. The largest absolute Gasteiger partial charge is 0.493 e. The maximum absolute atomic E-state index is 5.79. The predicted octanol–water partition coefficient (Wildman–Crippen LogP) is 3.60. The van der Waals surface area contributed by atoms with Gasteiger partial charge in [-0.1, -0.05) is 25.1 Å². The highest BCUT2D eigenvalue weighted by molar-refractivity contribution is 5.57. The molecule has 4 nitrogen and oxygen atoms in total. The smallest absolute Gasteiger partial charge is 0.231 e.